The zero-order chi connectivity index (χ0) is 27.9. The lowest BCUT2D eigenvalue weighted by Gasteiger charge is -2.41. The number of carbonyl (C=O) groups excluding carboxylic acids is 1. The number of rotatable bonds is 6. The minimum Gasteiger partial charge on any atom is -0.365 e. The maximum absolute atomic E-state index is 14.1. The number of thiocarbonyl (C=S) groups is 1. The highest BCUT2D eigenvalue weighted by atomic mass is 35.5. The van der Waals surface area contributed by atoms with Gasteiger partial charge in [0.2, 0.25) is 5.91 Å². The molecule has 1 saturated heterocycles. The molecule has 3 heterocycles. The molecule has 5 rings (SSSR count). The second-order valence-corrected chi connectivity index (χ2v) is 11.3. The summed E-state index contributed by atoms with van der Waals surface area (Å²) in [7, 11) is 2.07. The van der Waals surface area contributed by atoms with Crippen molar-refractivity contribution in [3.05, 3.63) is 94.5 Å². The Bertz CT molecular complexity index is 1460. The molecule has 0 radical (unpaired) electrons. The van der Waals surface area contributed by atoms with Crippen LogP contribution in [0.5, 0.6) is 0 Å². The van der Waals surface area contributed by atoms with Crippen molar-refractivity contribution < 1.29 is 9.18 Å². The number of fused-ring (bicyclic) bond motifs is 1. The number of likely N-dealkylation sites (N-methyl/N-ethyl adjacent to an activating group) is 1. The summed E-state index contributed by atoms with van der Waals surface area (Å²) in [6, 6.07) is 15.5. The predicted molar refractivity (Wildman–Crippen MR) is 159 cm³/mol. The van der Waals surface area contributed by atoms with Gasteiger partial charge in [-0.1, -0.05) is 35.9 Å². The highest BCUT2D eigenvalue weighted by Gasteiger charge is 2.41. The van der Waals surface area contributed by atoms with E-state index < -0.39 is 5.82 Å². The van der Waals surface area contributed by atoms with E-state index in [1.165, 1.54) is 17.7 Å². The van der Waals surface area contributed by atoms with Crippen LogP contribution in [0, 0.1) is 5.82 Å². The van der Waals surface area contributed by atoms with Gasteiger partial charge in [0.05, 0.1) is 29.0 Å². The first-order chi connectivity index (χ1) is 18.6. The molecule has 2 aromatic carbocycles. The number of halogens is 2. The van der Waals surface area contributed by atoms with Crippen LogP contribution in [0.4, 0.5) is 15.8 Å². The molecule has 2 aliphatic rings. The molecule has 3 aromatic rings. The molecule has 2 N–H and O–H groups in total. The third-order valence-electron chi connectivity index (χ3n) is 7.58. The van der Waals surface area contributed by atoms with Crippen LogP contribution < -0.4 is 15.5 Å². The molecule has 1 amide bonds. The third-order valence-corrected chi connectivity index (χ3v) is 8.26. The van der Waals surface area contributed by atoms with Gasteiger partial charge in [-0.15, -0.1) is 0 Å². The van der Waals surface area contributed by atoms with Gasteiger partial charge in [-0.3, -0.25) is 9.78 Å². The molecule has 6 nitrogen and oxygen atoms in total. The summed E-state index contributed by atoms with van der Waals surface area (Å²) in [6.07, 6.45) is 4.12. The van der Waals surface area contributed by atoms with Crippen LogP contribution in [-0.2, 0) is 4.79 Å². The number of aromatic nitrogens is 1. The molecule has 0 aliphatic carbocycles. The summed E-state index contributed by atoms with van der Waals surface area (Å²) < 4.78 is 14.1. The van der Waals surface area contributed by atoms with Crippen LogP contribution in [0.1, 0.15) is 56.1 Å². The van der Waals surface area contributed by atoms with Gasteiger partial charge in [0.25, 0.3) is 0 Å². The molecule has 9 heteroatoms. The lowest BCUT2D eigenvalue weighted by atomic mass is 9.86. The van der Waals surface area contributed by atoms with Crippen LogP contribution in [-0.4, -0.2) is 40.0 Å². The van der Waals surface area contributed by atoms with Gasteiger partial charge in [0.1, 0.15) is 5.82 Å². The van der Waals surface area contributed by atoms with Crippen LogP contribution in [0.3, 0.4) is 0 Å². The van der Waals surface area contributed by atoms with Crippen molar-refractivity contribution in [1.29, 1.82) is 0 Å². The van der Waals surface area contributed by atoms with Crippen molar-refractivity contribution >= 4 is 51.8 Å². The number of allylic oxidation sites excluding steroid dienone is 1. The lowest BCUT2D eigenvalue weighted by Crippen LogP contribution is -2.42. The minimum absolute atomic E-state index is 0.111. The molecule has 39 heavy (non-hydrogen) atoms. The number of anilines is 2. The van der Waals surface area contributed by atoms with Crippen molar-refractivity contribution in [3.8, 4) is 0 Å². The summed E-state index contributed by atoms with van der Waals surface area (Å²) in [4.78, 5) is 21.6. The fourth-order valence-electron chi connectivity index (χ4n) is 5.40. The van der Waals surface area contributed by atoms with E-state index in [9.17, 15) is 9.18 Å². The average molecular weight is 564 g/mol. The fraction of sp³-hybridized carbons (Fsp3) is 0.300. The lowest BCUT2D eigenvalue weighted by molar-refractivity contribution is -0.116. The number of benzene rings is 2. The molecule has 0 unspecified atom stereocenters. The predicted octanol–water partition coefficient (Wildman–Crippen LogP) is 6.51. The smallest absolute Gasteiger partial charge is 0.226 e. The minimum atomic E-state index is -0.477. The van der Waals surface area contributed by atoms with Gasteiger partial charge in [-0.25, -0.2) is 4.39 Å². The van der Waals surface area contributed by atoms with Gasteiger partial charge >= 0.3 is 0 Å². The summed E-state index contributed by atoms with van der Waals surface area (Å²) >= 11 is 12.8. The van der Waals surface area contributed by atoms with Crippen LogP contribution in [0.25, 0.3) is 5.57 Å². The van der Waals surface area contributed by atoms with E-state index >= 15 is 0 Å². The average Bonchev–Trinajstić information content (AvgIpc) is 3.23. The van der Waals surface area contributed by atoms with Gasteiger partial charge in [-0.05, 0) is 80.5 Å². The first-order valence-corrected chi connectivity index (χ1v) is 13.6. The van der Waals surface area contributed by atoms with E-state index in [1.54, 1.807) is 18.3 Å². The quantitative estimate of drug-likeness (QED) is 0.334. The number of para-hydroxylation sites is 1. The number of amides is 1. The van der Waals surface area contributed by atoms with E-state index in [-0.39, 0.29) is 35.6 Å². The normalized spacial score (nSPS) is 19.8. The Morgan fingerprint density at radius 1 is 1.21 bits per heavy atom. The Hall–Kier alpha value is -3.49. The number of carbonyl (C=O) groups is 1. The molecule has 202 valence electrons. The molecular weight excluding hydrogens is 533 g/mol. The maximum atomic E-state index is 14.1. The van der Waals surface area contributed by atoms with Crippen LogP contribution >= 0.6 is 23.8 Å². The van der Waals surface area contributed by atoms with E-state index in [1.807, 2.05) is 29.2 Å². The highest BCUT2D eigenvalue weighted by Crippen LogP contribution is 2.46. The van der Waals surface area contributed by atoms with Gasteiger partial charge in [0, 0.05) is 42.5 Å². The number of nitrogens with one attached hydrogen (secondary N) is 2. The zero-order valence-electron chi connectivity index (χ0n) is 22.3. The van der Waals surface area contributed by atoms with E-state index in [4.69, 9.17) is 23.8 Å². The monoisotopic (exact) mass is 563 g/mol. The Kier molecular flexibility index (Phi) is 7.35. The second kappa shape index (κ2) is 10.6. The summed E-state index contributed by atoms with van der Waals surface area (Å²) in [6.45, 7) is 6.77. The highest BCUT2D eigenvalue weighted by molar-refractivity contribution is 7.80. The number of nitrogens with zero attached hydrogens (tertiary/aromatic N) is 3. The van der Waals surface area contributed by atoms with Crippen LogP contribution in [0.2, 0.25) is 5.02 Å². The molecule has 0 saturated carbocycles. The fourth-order valence-corrected chi connectivity index (χ4v) is 6.00. The van der Waals surface area contributed by atoms with Crippen molar-refractivity contribution in [3.63, 3.8) is 0 Å². The van der Waals surface area contributed by atoms with Crippen molar-refractivity contribution in [2.24, 2.45) is 0 Å². The molecule has 0 bridgehead atoms. The summed E-state index contributed by atoms with van der Waals surface area (Å²) in [5.74, 6) is -0.781. The zero-order valence-corrected chi connectivity index (χ0v) is 23.9. The molecule has 0 spiro atoms. The SMILES string of the molecule is CC1=CC(C)(C)N(C)c2cc(Cl)c([C@H]3[C@@H](c4ccccn4)NC(=S)N3CCC(=O)Nc3ccccc3F)cc21. The maximum Gasteiger partial charge on any atom is 0.226 e. The molecule has 2 atom stereocenters. The first kappa shape index (κ1) is 27.1. The molecular formula is C30H31ClFN5OS. The Morgan fingerprint density at radius 3 is 2.67 bits per heavy atom. The summed E-state index contributed by atoms with van der Waals surface area (Å²) in [5.41, 5.74) is 5.06. The largest absolute Gasteiger partial charge is 0.365 e. The Morgan fingerprint density at radius 2 is 1.95 bits per heavy atom. The van der Waals surface area contributed by atoms with E-state index in [2.05, 4.69) is 60.5 Å². The topological polar surface area (TPSA) is 60.5 Å². The second-order valence-electron chi connectivity index (χ2n) is 10.5. The summed E-state index contributed by atoms with van der Waals surface area (Å²) in [5, 5.41) is 7.20. The molecule has 1 fully saturated rings. The number of hydrogen-bond acceptors (Lipinski definition) is 4. The van der Waals surface area contributed by atoms with Crippen molar-refractivity contribution in [1.82, 2.24) is 15.2 Å². The Labute approximate surface area is 238 Å². The van der Waals surface area contributed by atoms with E-state index in [0.29, 0.717) is 16.7 Å². The van der Waals surface area contributed by atoms with Gasteiger partial charge in [-0.2, -0.15) is 0 Å². The molecule has 2 aliphatic heterocycles. The van der Waals surface area contributed by atoms with Gasteiger partial charge < -0.3 is 20.4 Å². The van der Waals surface area contributed by atoms with Gasteiger partial charge in [0.15, 0.2) is 5.11 Å². The van der Waals surface area contributed by atoms with Crippen molar-refractivity contribution in [2.45, 2.75) is 44.8 Å². The Balaban J connectivity index is 1.50. The van der Waals surface area contributed by atoms with Crippen molar-refractivity contribution in [2.75, 3.05) is 23.8 Å². The van der Waals surface area contributed by atoms with E-state index in [0.717, 1.165) is 22.5 Å². The van der Waals surface area contributed by atoms with Crippen LogP contribution in [0.15, 0.2) is 66.9 Å². The third kappa shape index (κ3) is 5.23. The molecule has 1 aromatic heterocycles. The number of hydrogen-bond donors (Lipinski definition) is 2. The standard InChI is InChI=1S/C30H31ClFN5OS/c1-18-17-30(2,3)36(4)25-16-21(31)20(15-19(18)25)28-27(24-11-7-8-13-33-24)35-29(39)37(28)14-12-26(38)34-23-10-6-5-9-22(23)32/h5-11,13,15-17,27-28H,12,14H2,1-4H3,(H,34,38)(H,35,39)/t27-,28+/m1/s1. The number of pyridine rings is 1. The first-order valence-electron chi connectivity index (χ1n) is 12.9.